The maximum Gasteiger partial charge on any atom is 0.238 e. The minimum absolute atomic E-state index is 0. The summed E-state index contributed by atoms with van der Waals surface area (Å²) in [4.78, 5) is 11.8. The third-order valence-corrected chi connectivity index (χ3v) is 3.91. The lowest BCUT2D eigenvalue weighted by atomic mass is 10.2. The van der Waals surface area contributed by atoms with Gasteiger partial charge in [-0.25, -0.2) is 4.39 Å². The summed E-state index contributed by atoms with van der Waals surface area (Å²) >= 11 is 0. The number of hydrogen-bond acceptors (Lipinski definition) is 3. The van der Waals surface area contributed by atoms with Crippen LogP contribution in [0.25, 0.3) is 0 Å². The number of halogens is 2. The lowest BCUT2D eigenvalue weighted by Crippen LogP contribution is -2.29. The lowest BCUT2D eigenvalue weighted by Gasteiger charge is -2.09. The van der Waals surface area contributed by atoms with E-state index in [-0.39, 0.29) is 30.7 Å². The Balaban J connectivity index is 0.00000225. The molecule has 0 spiro atoms. The van der Waals surface area contributed by atoms with Crippen LogP contribution in [0, 0.1) is 11.7 Å². The number of amides is 1. The second-order valence-corrected chi connectivity index (χ2v) is 6.03. The van der Waals surface area contributed by atoms with E-state index in [1.165, 1.54) is 18.9 Å². The van der Waals surface area contributed by atoms with Gasteiger partial charge in [0.2, 0.25) is 5.91 Å². The van der Waals surface area contributed by atoms with Crippen LogP contribution in [0.1, 0.15) is 18.4 Å². The molecule has 1 amide bonds. The van der Waals surface area contributed by atoms with Gasteiger partial charge in [0.1, 0.15) is 18.2 Å². The first-order valence-electron chi connectivity index (χ1n) is 8.17. The molecule has 0 aliphatic heterocycles. The van der Waals surface area contributed by atoms with Crippen molar-refractivity contribution in [3.8, 4) is 5.75 Å². The monoisotopic (exact) mass is 364 g/mol. The number of rotatable bonds is 8. The van der Waals surface area contributed by atoms with E-state index in [0.29, 0.717) is 23.5 Å². The zero-order chi connectivity index (χ0) is 16.8. The van der Waals surface area contributed by atoms with Gasteiger partial charge in [-0.2, -0.15) is 0 Å². The Hall–Kier alpha value is -2.11. The molecule has 2 N–H and O–H groups in total. The zero-order valence-electron chi connectivity index (χ0n) is 13.8. The zero-order valence-corrected chi connectivity index (χ0v) is 14.7. The molecule has 0 bridgehead atoms. The maximum atomic E-state index is 13.5. The minimum Gasteiger partial charge on any atom is -0.489 e. The van der Waals surface area contributed by atoms with E-state index in [9.17, 15) is 9.18 Å². The Morgan fingerprint density at radius 1 is 1.12 bits per heavy atom. The SMILES string of the molecule is Cl.O=C(CNCC1CC1)Nc1ccc(OCc2ccccc2F)cc1. The van der Waals surface area contributed by atoms with Gasteiger partial charge in [-0.3, -0.25) is 4.79 Å². The quantitative estimate of drug-likeness (QED) is 0.749. The van der Waals surface area contributed by atoms with E-state index >= 15 is 0 Å². The molecule has 1 aliphatic carbocycles. The van der Waals surface area contributed by atoms with Gasteiger partial charge in [-0.05, 0) is 55.6 Å². The number of carbonyl (C=O) groups is 1. The van der Waals surface area contributed by atoms with Gasteiger partial charge in [0.05, 0.1) is 6.54 Å². The molecule has 1 aliphatic rings. The van der Waals surface area contributed by atoms with Crippen molar-refractivity contribution in [3.05, 3.63) is 59.9 Å². The highest BCUT2D eigenvalue weighted by Gasteiger charge is 2.20. The van der Waals surface area contributed by atoms with E-state index in [0.717, 1.165) is 12.5 Å². The Morgan fingerprint density at radius 3 is 2.52 bits per heavy atom. The summed E-state index contributed by atoms with van der Waals surface area (Å²) in [5.41, 5.74) is 1.23. The Kier molecular flexibility index (Phi) is 7.22. The summed E-state index contributed by atoms with van der Waals surface area (Å²) in [5, 5.41) is 5.98. The topological polar surface area (TPSA) is 50.4 Å². The second kappa shape index (κ2) is 9.39. The normalized spacial score (nSPS) is 13.0. The molecule has 0 aromatic heterocycles. The first kappa shape index (κ1) is 19.2. The molecule has 3 rings (SSSR count). The van der Waals surface area contributed by atoms with Crippen molar-refractivity contribution in [2.24, 2.45) is 5.92 Å². The van der Waals surface area contributed by atoms with E-state index in [4.69, 9.17) is 4.74 Å². The molecule has 1 fully saturated rings. The van der Waals surface area contributed by atoms with Crippen molar-refractivity contribution >= 4 is 24.0 Å². The number of carbonyl (C=O) groups excluding carboxylic acids is 1. The van der Waals surface area contributed by atoms with Gasteiger partial charge in [0.25, 0.3) is 0 Å². The van der Waals surface area contributed by atoms with Crippen LogP contribution in [0.4, 0.5) is 10.1 Å². The van der Waals surface area contributed by atoms with Gasteiger partial charge in [0.15, 0.2) is 0 Å². The van der Waals surface area contributed by atoms with Crippen molar-refractivity contribution in [2.45, 2.75) is 19.4 Å². The van der Waals surface area contributed by atoms with Crippen molar-refractivity contribution in [3.63, 3.8) is 0 Å². The van der Waals surface area contributed by atoms with Crippen molar-refractivity contribution in [1.82, 2.24) is 5.32 Å². The molecule has 1 saturated carbocycles. The fourth-order valence-corrected chi connectivity index (χ4v) is 2.33. The minimum atomic E-state index is -0.278. The number of nitrogens with one attached hydrogen (secondary N) is 2. The molecular weight excluding hydrogens is 343 g/mol. The van der Waals surface area contributed by atoms with Gasteiger partial charge in [-0.1, -0.05) is 18.2 Å². The summed E-state index contributed by atoms with van der Waals surface area (Å²) < 4.78 is 19.1. The number of ether oxygens (including phenoxy) is 1. The fraction of sp³-hybridized carbons (Fsp3) is 0.316. The third kappa shape index (κ3) is 6.36. The summed E-state index contributed by atoms with van der Waals surface area (Å²) in [6, 6.07) is 13.6. The highest BCUT2D eigenvalue weighted by molar-refractivity contribution is 5.92. The second-order valence-electron chi connectivity index (χ2n) is 6.03. The first-order valence-corrected chi connectivity index (χ1v) is 8.17. The number of benzene rings is 2. The molecule has 0 saturated heterocycles. The van der Waals surface area contributed by atoms with Crippen molar-refractivity contribution < 1.29 is 13.9 Å². The molecule has 6 heteroatoms. The van der Waals surface area contributed by atoms with Crippen LogP contribution in [-0.4, -0.2) is 19.0 Å². The average molecular weight is 365 g/mol. The summed E-state index contributed by atoms with van der Waals surface area (Å²) in [6.07, 6.45) is 2.53. The Morgan fingerprint density at radius 2 is 1.84 bits per heavy atom. The molecule has 0 heterocycles. The predicted molar refractivity (Wildman–Crippen MR) is 98.6 cm³/mol. The van der Waals surface area contributed by atoms with Gasteiger partial charge < -0.3 is 15.4 Å². The van der Waals surface area contributed by atoms with E-state index in [1.807, 2.05) is 0 Å². The van der Waals surface area contributed by atoms with E-state index < -0.39 is 0 Å². The van der Waals surface area contributed by atoms with Crippen LogP contribution >= 0.6 is 12.4 Å². The predicted octanol–water partition coefficient (Wildman–Crippen LogP) is 3.76. The molecule has 2 aromatic rings. The highest BCUT2D eigenvalue weighted by atomic mass is 35.5. The van der Waals surface area contributed by atoms with Crippen molar-refractivity contribution in [2.75, 3.05) is 18.4 Å². The smallest absolute Gasteiger partial charge is 0.238 e. The Bertz CT molecular complexity index is 690. The van der Waals surface area contributed by atoms with Crippen LogP contribution in [0.5, 0.6) is 5.75 Å². The van der Waals surface area contributed by atoms with Crippen molar-refractivity contribution in [1.29, 1.82) is 0 Å². The van der Waals surface area contributed by atoms with Crippen LogP contribution in [0.3, 0.4) is 0 Å². The van der Waals surface area contributed by atoms with Crippen LogP contribution in [0.15, 0.2) is 48.5 Å². The number of hydrogen-bond donors (Lipinski definition) is 2. The van der Waals surface area contributed by atoms with Gasteiger partial charge in [0, 0.05) is 11.3 Å². The third-order valence-electron chi connectivity index (χ3n) is 3.91. The number of anilines is 1. The summed E-state index contributed by atoms with van der Waals surface area (Å²) in [5.74, 6) is 1.04. The highest BCUT2D eigenvalue weighted by Crippen LogP contribution is 2.27. The van der Waals surface area contributed by atoms with Gasteiger partial charge in [-0.15, -0.1) is 12.4 Å². The fourth-order valence-electron chi connectivity index (χ4n) is 2.33. The Labute approximate surface area is 153 Å². The van der Waals surface area contributed by atoms with Crippen LogP contribution in [0.2, 0.25) is 0 Å². The molecule has 4 nitrogen and oxygen atoms in total. The molecular formula is C19H22ClFN2O2. The summed E-state index contributed by atoms with van der Waals surface area (Å²) in [6.45, 7) is 1.40. The molecule has 25 heavy (non-hydrogen) atoms. The largest absolute Gasteiger partial charge is 0.489 e. The summed E-state index contributed by atoms with van der Waals surface area (Å²) in [7, 11) is 0. The van der Waals surface area contributed by atoms with Crippen LogP contribution in [-0.2, 0) is 11.4 Å². The first-order chi connectivity index (χ1) is 11.7. The van der Waals surface area contributed by atoms with E-state index in [2.05, 4.69) is 10.6 Å². The standard InChI is InChI=1S/C19H21FN2O2.ClH/c20-18-4-2-1-3-15(18)13-24-17-9-7-16(8-10-17)22-19(23)12-21-11-14-5-6-14;/h1-4,7-10,14,21H,5-6,11-13H2,(H,22,23);1H. The molecule has 2 aromatic carbocycles. The van der Waals surface area contributed by atoms with Gasteiger partial charge >= 0.3 is 0 Å². The lowest BCUT2D eigenvalue weighted by molar-refractivity contribution is -0.115. The van der Waals surface area contributed by atoms with E-state index in [1.54, 1.807) is 42.5 Å². The maximum absolute atomic E-state index is 13.5. The van der Waals surface area contributed by atoms with Crippen LogP contribution < -0.4 is 15.4 Å². The molecule has 0 unspecified atom stereocenters. The molecule has 0 atom stereocenters. The molecule has 134 valence electrons. The average Bonchev–Trinajstić information content (AvgIpc) is 3.40. The molecule has 0 radical (unpaired) electrons.